The molecule has 1 aromatic carbocycles. The number of hydrogen-bond donors (Lipinski definition) is 1. The van der Waals surface area contributed by atoms with E-state index in [0.717, 1.165) is 24.8 Å². The van der Waals surface area contributed by atoms with E-state index in [1.807, 2.05) is 6.92 Å². The van der Waals surface area contributed by atoms with Gasteiger partial charge < -0.3 is 14.6 Å². The lowest BCUT2D eigenvalue weighted by Crippen LogP contribution is -2.29. The first-order chi connectivity index (χ1) is 10.3. The van der Waals surface area contributed by atoms with E-state index in [0.29, 0.717) is 16.9 Å². The summed E-state index contributed by atoms with van der Waals surface area (Å²) in [5.41, 5.74) is 1.35. The highest BCUT2D eigenvalue weighted by molar-refractivity contribution is 5.90. The minimum Gasteiger partial charge on any atom is -0.461 e. The van der Waals surface area contributed by atoms with Gasteiger partial charge in [0.05, 0.1) is 5.56 Å². The van der Waals surface area contributed by atoms with Crippen molar-refractivity contribution >= 4 is 5.97 Å². The van der Waals surface area contributed by atoms with Gasteiger partial charge in [0.25, 0.3) is 0 Å². The van der Waals surface area contributed by atoms with Crippen LogP contribution in [-0.4, -0.2) is 23.0 Å². The molecule has 1 aliphatic carbocycles. The highest BCUT2D eigenvalue weighted by atomic mass is 16.6. The van der Waals surface area contributed by atoms with Gasteiger partial charge in [-0.2, -0.15) is 0 Å². The molecule has 22 heavy (non-hydrogen) atoms. The SMILES string of the molecule is C=C(C)C(O)Oc1ccc(C(=O)OC2(C)CCCC2=C)cc1. The maximum atomic E-state index is 12.2. The molecule has 0 aromatic heterocycles. The van der Waals surface area contributed by atoms with Crippen LogP contribution in [0.25, 0.3) is 0 Å². The van der Waals surface area contributed by atoms with Gasteiger partial charge >= 0.3 is 5.97 Å². The number of hydrogen-bond acceptors (Lipinski definition) is 4. The highest BCUT2D eigenvalue weighted by Gasteiger charge is 2.36. The predicted molar refractivity (Wildman–Crippen MR) is 84.7 cm³/mol. The van der Waals surface area contributed by atoms with E-state index in [4.69, 9.17) is 9.47 Å². The summed E-state index contributed by atoms with van der Waals surface area (Å²) < 4.78 is 10.9. The van der Waals surface area contributed by atoms with Crippen molar-refractivity contribution in [2.24, 2.45) is 0 Å². The number of aliphatic hydroxyl groups excluding tert-OH is 1. The smallest absolute Gasteiger partial charge is 0.338 e. The Bertz CT molecular complexity index is 588. The van der Waals surface area contributed by atoms with Crippen LogP contribution < -0.4 is 4.74 Å². The predicted octanol–water partition coefficient (Wildman–Crippen LogP) is 3.62. The number of rotatable bonds is 5. The van der Waals surface area contributed by atoms with Crippen LogP contribution in [0.15, 0.2) is 48.6 Å². The van der Waals surface area contributed by atoms with E-state index in [1.54, 1.807) is 31.2 Å². The number of carbonyl (C=O) groups excluding carboxylic acids is 1. The van der Waals surface area contributed by atoms with Crippen molar-refractivity contribution in [3.8, 4) is 5.75 Å². The van der Waals surface area contributed by atoms with Gasteiger partial charge in [-0.15, -0.1) is 0 Å². The second-order valence-electron chi connectivity index (χ2n) is 5.92. The molecule has 0 spiro atoms. The van der Waals surface area contributed by atoms with E-state index in [9.17, 15) is 9.90 Å². The van der Waals surface area contributed by atoms with Gasteiger partial charge in [0.1, 0.15) is 11.4 Å². The van der Waals surface area contributed by atoms with Crippen molar-refractivity contribution in [2.45, 2.75) is 45.0 Å². The molecule has 0 amide bonds. The molecule has 2 atom stereocenters. The molecular formula is C18H22O4. The van der Waals surface area contributed by atoms with Gasteiger partial charge in [-0.05, 0) is 68.5 Å². The van der Waals surface area contributed by atoms with Crippen LogP contribution in [0.5, 0.6) is 5.75 Å². The molecule has 0 radical (unpaired) electrons. The molecule has 0 aliphatic heterocycles. The van der Waals surface area contributed by atoms with Gasteiger partial charge in [0, 0.05) is 0 Å². The second kappa shape index (κ2) is 6.36. The minimum absolute atomic E-state index is 0.377. The molecule has 1 saturated carbocycles. The van der Waals surface area contributed by atoms with E-state index in [2.05, 4.69) is 13.2 Å². The Morgan fingerprint density at radius 2 is 2.00 bits per heavy atom. The average molecular weight is 302 g/mol. The van der Waals surface area contributed by atoms with Crippen molar-refractivity contribution < 1.29 is 19.4 Å². The summed E-state index contributed by atoms with van der Waals surface area (Å²) in [5, 5.41) is 9.59. The molecule has 0 saturated heterocycles. The third-order valence-electron chi connectivity index (χ3n) is 3.96. The standard InChI is InChI=1S/C18H22O4/c1-12(2)16(19)21-15-9-7-14(8-10-15)17(20)22-18(4)11-5-6-13(18)3/h7-10,16,19H,1,3,5-6,11H2,2,4H3. The van der Waals surface area contributed by atoms with Crippen molar-refractivity contribution in [1.29, 1.82) is 0 Å². The lowest BCUT2D eigenvalue weighted by Gasteiger charge is -2.25. The second-order valence-corrected chi connectivity index (χ2v) is 5.92. The molecule has 4 nitrogen and oxygen atoms in total. The van der Waals surface area contributed by atoms with Gasteiger partial charge in [-0.3, -0.25) is 0 Å². The van der Waals surface area contributed by atoms with E-state index < -0.39 is 11.9 Å². The van der Waals surface area contributed by atoms with Gasteiger partial charge in [-0.1, -0.05) is 13.2 Å². The number of ether oxygens (including phenoxy) is 2. The zero-order valence-corrected chi connectivity index (χ0v) is 13.1. The van der Waals surface area contributed by atoms with Crippen LogP contribution in [0.2, 0.25) is 0 Å². The number of carbonyl (C=O) groups is 1. The van der Waals surface area contributed by atoms with E-state index in [-0.39, 0.29) is 5.97 Å². The summed E-state index contributed by atoms with van der Waals surface area (Å²) in [4.78, 5) is 12.2. The fourth-order valence-corrected chi connectivity index (χ4v) is 2.37. The summed E-state index contributed by atoms with van der Waals surface area (Å²) in [6.45, 7) is 11.2. The molecule has 1 N–H and O–H groups in total. The maximum absolute atomic E-state index is 12.2. The van der Waals surface area contributed by atoms with Crippen LogP contribution >= 0.6 is 0 Å². The van der Waals surface area contributed by atoms with Crippen LogP contribution in [-0.2, 0) is 4.74 Å². The van der Waals surface area contributed by atoms with Crippen LogP contribution in [0, 0.1) is 0 Å². The van der Waals surface area contributed by atoms with Gasteiger partial charge in [-0.25, -0.2) is 4.79 Å². The van der Waals surface area contributed by atoms with Crippen LogP contribution in [0.4, 0.5) is 0 Å². The quantitative estimate of drug-likeness (QED) is 0.513. The molecule has 118 valence electrons. The average Bonchev–Trinajstić information content (AvgIpc) is 2.78. The number of esters is 1. The Hall–Kier alpha value is -2.07. The first kappa shape index (κ1) is 16.3. The van der Waals surface area contributed by atoms with E-state index in [1.165, 1.54) is 0 Å². The zero-order valence-electron chi connectivity index (χ0n) is 13.1. The van der Waals surface area contributed by atoms with Gasteiger partial charge in [0.2, 0.25) is 6.29 Å². The highest BCUT2D eigenvalue weighted by Crippen LogP contribution is 2.37. The Kier molecular flexibility index (Phi) is 4.71. The maximum Gasteiger partial charge on any atom is 0.338 e. The first-order valence-electron chi connectivity index (χ1n) is 7.33. The molecule has 1 fully saturated rings. The molecule has 1 aromatic rings. The third-order valence-corrected chi connectivity index (χ3v) is 3.96. The van der Waals surface area contributed by atoms with E-state index >= 15 is 0 Å². The Morgan fingerprint density at radius 1 is 1.36 bits per heavy atom. The summed E-state index contributed by atoms with van der Waals surface area (Å²) in [6, 6.07) is 6.47. The third kappa shape index (κ3) is 3.57. The zero-order chi connectivity index (χ0) is 16.3. The summed E-state index contributed by atoms with van der Waals surface area (Å²) in [6.07, 6.45) is 1.64. The number of benzene rings is 1. The van der Waals surface area contributed by atoms with Crippen molar-refractivity contribution in [1.82, 2.24) is 0 Å². The fourth-order valence-electron chi connectivity index (χ4n) is 2.37. The Labute approximate surface area is 131 Å². The molecular weight excluding hydrogens is 280 g/mol. The fraction of sp³-hybridized carbons (Fsp3) is 0.389. The molecule has 2 unspecified atom stereocenters. The lowest BCUT2D eigenvalue weighted by molar-refractivity contribution is 0.00894. The van der Waals surface area contributed by atoms with Crippen molar-refractivity contribution in [3.63, 3.8) is 0 Å². The monoisotopic (exact) mass is 302 g/mol. The normalized spacial score (nSPS) is 22.2. The minimum atomic E-state index is -1.06. The molecule has 2 rings (SSSR count). The van der Waals surface area contributed by atoms with Crippen molar-refractivity contribution in [3.05, 3.63) is 54.1 Å². The molecule has 4 heteroatoms. The summed E-state index contributed by atoms with van der Waals surface area (Å²) in [7, 11) is 0. The largest absolute Gasteiger partial charge is 0.461 e. The summed E-state index contributed by atoms with van der Waals surface area (Å²) in [5.74, 6) is 0.0843. The van der Waals surface area contributed by atoms with Crippen LogP contribution in [0.3, 0.4) is 0 Å². The molecule has 1 aliphatic rings. The Balaban J connectivity index is 2.02. The number of aliphatic hydroxyl groups is 1. The van der Waals surface area contributed by atoms with Crippen LogP contribution in [0.1, 0.15) is 43.5 Å². The van der Waals surface area contributed by atoms with Gasteiger partial charge in [0.15, 0.2) is 0 Å². The topological polar surface area (TPSA) is 55.8 Å². The Morgan fingerprint density at radius 3 is 2.50 bits per heavy atom. The molecule has 0 heterocycles. The van der Waals surface area contributed by atoms with Crippen molar-refractivity contribution in [2.75, 3.05) is 0 Å². The molecule has 0 bridgehead atoms. The first-order valence-corrected chi connectivity index (χ1v) is 7.33. The lowest BCUT2D eigenvalue weighted by atomic mass is 10.0. The summed E-state index contributed by atoms with van der Waals surface area (Å²) >= 11 is 0.